The Bertz CT molecular complexity index is 89.6. The molecule has 2 nitrogen and oxygen atoms in total. The predicted octanol–water partition coefficient (Wildman–Crippen LogP) is 1.39. The number of rotatable bonds is 5. The van der Waals surface area contributed by atoms with E-state index in [-0.39, 0.29) is 12.6 Å². The molecule has 0 bridgehead atoms. The molecule has 0 aromatic carbocycles. The van der Waals surface area contributed by atoms with E-state index in [1.165, 1.54) is 0 Å². The monoisotopic (exact) mass is 159 g/mol. The molecule has 0 rings (SSSR count). The summed E-state index contributed by atoms with van der Waals surface area (Å²) in [5.41, 5.74) is 0. The average Bonchev–Trinajstić information content (AvgIpc) is 1.99. The first-order chi connectivity index (χ1) is 5.11. The van der Waals surface area contributed by atoms with Crippen molar-refractivity contribution >= 4 is 0 Å². The van der Waals surface area contributed by atoms with Crippen molar-refractivity contribution in [2.75, 3.05) is 6.61 Å². The fraction of sp³-hybridized carbons (Fsp3) is 1.00. The molecule has 0 amide bonds. The van der Waals surface area contributed by atoms with Gasteiger partial charge in [-0.25, -0.2) is 0 Å². The largest absolute Gasteiger partial charge is 0.395 e. The summed E-state index contributed by atoms with van der Waals surface area (Å²) < 4.78 is 0. The highest BCUT2D eigenvalue weighted by molar-refractivity contribution is 4.71. The number of aliphatic hydroxyl groups excluding tert-OH is 1. The molecule has 0 aromatic heterocycles. The van der Waals surface area contributed by atoms with Crippen molar-refractivity contribution in [3.8, 4) is 0 Å². The van der Waals surface area contributed by atoms with Crippen LogP contribution < -0.4 is 5.32 Å². The Balaban J connectivity index is 3.62. The van der Waals surface area contributed by atoms with Gasteiger partial charge in [-0.05, 0) is 19.3 Å². The summed E-state index contributed by atoms with van der Waals surface area (Å²) in [6.45, 7) is 8.85. The van der Waals surface area contributed by atoms with E-state index in [4.69, 9.17) is 5.11 Å². The molecule has 0 radical (unpaired) electrons. The first-order valence-electron chi connectivity index (χ1n) is 4.48. The molecular formula is C9H21NO. The molecule has 0 aromatic rings. The van der Waals surface area contributed by atoms with Crippen LogP contribution in [0.15, 0.2) is 0 Å². The van der Waals surface area contributed by atoms with Crippen LogP contribution >= 0.6 is 0 Å². The summed E-state index contributed by atoms with van der Waals surface area (Å²) in [5, 5.41) is 12.3. The van der Waals surface area contributed by atoms with Gasteiger partial charge < -0.3 is 10.4 Å². The van der Waals surface area contributed by atoms with Crippen molar-refractivity contribution in [3.05, 3.63) is 0 Å². The summed E-state index contributed by atoms with van der Waals surface area (Å²) in [6, 6.07) is 0.763. The van der Waals surface area contributed by atoms with Gasteiger partial charge >= 0.3 is 0 Å². The zero-order valence-corrected chi connectivity index (χ0v) is 8.09. The maximum atomic E-state index is 8.89. The molecule has 2 heteroatoms. The van der Waals surface area contributed by atoms with Crippen LogP contribution in [-0.4, -0.2) is 23.8 Å². The van der Waals surface area contributed by atoms with Gasteiger partial charge in [0.2, 0.25) is 0 Å². The second kappa shape index (κ2) is 5.56. The van der Waals surface area contributed by atoms with Crippen LogP contribution in [0.3, 0.4) is 0 Å². The lowest BCUT2D eigenvalue weighted by Gasteiger charge is -2.23. The lowest BCUT2D eigenvalue weighted by atomic mass is 10.1. The molecular weight excluding hydrogens is 138 g/mol. The van der Waals surface area contributed by atoms with Gasteiger partial charge in [-0.1, -0.05) is 20.8 Å². The topological polar surface area (TPSA) is 32.3 Å². The molecule has 2 N–H and O–H groups in total. The third-order valence-corrected chi connectivity index (χ3v) is 2.21. The molecule has 68 valence electrons. The molecule has 0 aliphatic rings. The van der Waals surface area contributed by atoms with E-state index >= 15 is 0 Å². The highest BCUT2D eigenvalue weighted by Gasteiger charge is 2.11. The summed E-state index contributed by atoms with van der Waals surface area (Å²) >= 11 is 0. The van der Waals surface area contributed by atoms with Crippen LogP contribution in [0.2, 0.25) is 0 Å². The minimum Gasteiger partial charge on any atom is -0.395 e. The molecule has 0 saturated carbocycles. The summed E-state index contributed by atoms with van der Waals surface area (Å²) in [5.74, 6) is 0.635. The third kappa shape index (κ3) is 4.38. The SMILES string of the molecule is CC[C@@H](CO)NC(C)C(C)C. The Labute approximate surface area is 70.0 Å². The fourth-order valence-corrected chi connectivity index (χ4v) is 0.864. The molecule has 2 atom stereocenters. The molecule has 0 spiro atoms. The third-order valence-electron chi connectivity index (χ3n) is 2.21. The van der Waals surface area contributed by atoms with Crippen molar-refractivity contribution in [3.63, 3.8) is 0 Å². The lowest BCUT2D eigenvalue weighted by molar-refractivity contribution is 0.220. The second-order valence-corrected chi connectivity index (χ2v) is 3.49. The number of nitrogens with one attached hydrogen (secondary N) is 1. The smallest absolute Gasteiger partial charge is 0.0584 e. The lowest BCUT2D eigenvalue weighted by Crippen LogP contribution is -2.41. The maximum Gasteiger partial charge on any atom is 0.0584 e. The average molecular weight is 159 g/mol. The first-order valence-corrected chi connectivity index (χ1v) is 4.48. The number of aliphatic hydroxyl groups is 1. The van der Waals surface area contributed by atoms with Crippen molar-refractivity contribution in [1.82, 2.24) is 5.32 Å². The van der Waals surface area contributed by atoms with Crippen molar-refractivity contribution < 1.29 is 5.11 Å². The van der Waals surface area contributed by atoms with Crippen LogP contribution in [0.4, 0.5) is 0 Å². The summed E-state index contributed by atoms with van der Waals surface area (Å²) in [6.07, 6.45) is 0.994. The number of hydrogen-bond acceptors (Lipinski definition) is 2. The Morgan fingerprint density at radius 2 is 1.82 bits per heavy atom. The van der Waals surface area contributed by atoms with Crippen LogP contribution in [0.25, 0.3) is 0 Å². The van der Waals surface area contributed by atoms with Gasteiger partial charge in [-0.2, -0.15) is 0 Å². The van der Waals surface area contributed by atoms with Gasteiger partial charge in [0, 0.05) is 12.1 Å². The normalized spacial score (nSPS) is 16.9. The Morgan fingerprint density at radius 1 is 1.27 bits per heavy atom. The van der Waals surface area contributed by atoms with Gasteiger partial charge in [0.25, 0.3) is 0 Å². The molecule has 11 heavy (non-hydrogen) atoms. The Morgan fingerprint density at radius 3 is 2.09 bits per heavy atom. The van der Waals surface area contributed by atoms with E-state index in [0.717, 1.165) is 6.42 Å². The molecule has 0 heterocycles. The minimum atomic E-state index is 0.244. The molecule has 1 unspecified atom stereocenters. The maximum absolute atomic E-state index is 8.89. The van der Waals surface area contributed by atoms with Crippen molar-refractivity contribution in [2.24, 2.45) is 5.92 Å². The summed E-state index contributed by atoms with van der Waals surface area (Å²) in [4.78, 5) is 0. The van der Waals surface area contributed by atoms with E-state index in [9.17, 15) is 0 Å². The van der Waals surface area contributed by atoms with E-state index in [2.05, 4.69) is 33.0 Å². The second-order valence-electron chi connectivity index (χ2n) is 3.49. The summed E-state index contributed by atoms with van der Waals surface area (Å²) in [7, 11) is 0. The minimum absolute atomic E-state index is 0.244. The highest BCUT2D eigenvalue weighted by Crippen LogP contribution is 2.02. The Hall–Kier alpha value is -0.0800. The quantitative estimate of drug-likeness (QED) is 0.635. The van der Waals surface area contributed by atoms with Crippen molar-refractivity contribution in [1.29, 1.82) is 0 Å². The van der Waals surface area contributed by atoms with E-state index in [1.54, 1.807) is 0 Å². The van der Waals surface area contributed by atoms with Gasteiger partial charge in [-0.3, -0.25) is 0 Å². The van der Waals surface area contributed by atoms with Gasteiger partial charge in [0.1, 0.15) is 0 Å². The van der Waals surface area contributed by atoms with E-state index in [0.29, 0.717) is 12.0 Å². The van der Waals surface area contributed by atoms with Crippen LogP contribution in [0.1, 0.15) is 34.1 Å². The molecule has 0 aliphatic heterocycles. The van der Waals surface area contributed by atoms with Crippen LogP contribution in [0.5, 0.6) is 0 Å². The zero-order valence-electron chi connectivity index (χ0n) is 8.09. The fourth-order valence-electron chi connectivity index (χ4n) is 0.864. The van der Waals surface area contributed by atoms with Gasteiger partial charge in [-0.15, -0.1) is 0 Å². The highest BCUT2D eigenvalue weighted by atomic mass is 16.3. The zero-order chi connectivity index (χ0) is 8.85. The first kappa shape index (κ1) is 10.9. The molecule has 0 aliphatic carbocycles. The van der Waals surface area contributed by atoms with Gasteiger partial charge in [0.05, 0.1) is 6.61 Å². The van der Waals surface area contributed by atoms with Crippen LogP contribution in [0, 0.1) is 5.92 Å². The molecule has 0 fully saturated rings. The van der Waals surface area contributed by atoms with E-state index in [1.807, 2.05) is 0 Å². The van der Waals surface area contributed by atoms with Crippen LogP contribution in [-0.2, 0) is 0 Å². The predicted molar refractivity (Wildman–Crippen MR) is 48.6 cm³/mol. The number of hydrogen-bond donors (Lipinski definition) is 2. The molecule has 0 saturated heterocycles. The Kier molecular flexibility index (Phi) is 5.51. The van der Waals surface area contributed by atoms with Crippen molar-refractivity contribution in [2.45, 2.75) is 46.2 Å². The van der Waals surface area contributed by atoms with E-state index < -0.39 is 0 Å². The van der Waals surface area contributed by atoms with Gasteiger partial charge in [0.15, 0.2) is 0 Å². The standard InChI is InChI=1S/C9H21NO/c1-5-9(6-11)10-8(4)7(2)3/h7-11H,5-6H2,1-4H3/t8?,9-/m0/s1.